The number of piperazine rings is 1. The Hall–Kier alpha value is -2.95. The van der Waals surface area contributed by atoms with Gasteiger partial charge < -0.3 is 19.1 Å². The van der Waals surface area contributed by atoms with Gasteiger partial charge in [0.2, 0.25) is 5.91 Å². The average molecular weight is 392 g/mol. The minimum Gasteiger partial charge on any atom is -0.497 e. The Morgan fingerprint density at radius 3 is 2.62 bits per heavy atom. The summed E-state index contributed by atoms with van der Waals surface area (Å²) in [5.41, 5.74) is 3.65. The van der Waals surface area contributed by atoms with Crippen molar-refractivity contribution in [2.24, 2.45) is 0 Å². The molecule has 0 radical (unpaired) electrons. The van der Waals surface area contributed by atoms with Gasteiger partial charge in [0.15, 0.2) is 0 Å². The molecule has 3 aromatic rings. The number of nitrogens with zero attached hydrogens (tertiary/aromatic N) is 3. The molecule has 2 aromatic carbocycles. The first kappa shape index (κ1) is 19.4. The second kappa shape index (κ2) is 8.60. The summed E-state index contributed by atoms with van der Waals surface area (Å²) in [5.74, 6) is 1.12. The van der Waals surface area contributed by atoms with Gasteiger partial charge in [0, 0.05) is 62.6 Å². The molecule has 152 valence electrons. The molecule has 5 heteroatoms. The number of benzene rings is 2. The van der Waals surface area contributed by atoms with E-state index in [1.165, 1.54) is 16.5 Å². The lowest BCUT2D eigenvalue weighted by Crippen LogP contribution is -2.48. The summed E-state index contributed by atoms with van der Waals surface area (Å²) in [6, 6.07) is 16.8. The van der Waals surface area contributed by atoms with Gasteiger partial charge in [0.05, 0.1) is 7.11 Å². The quantitative estimate of drug-likeness (QED) is 0.639. The Labute approximate surface area is 172 Å². The van der Waals surface area contributed by atoms with Crippen LogP contribution in [0.4, 0.5) is 5.69 Å². The molecule has 0 bridgehead atoms. The van der Waals surface area contributed by atoms with Gasteiger partial charge >= 0.3 is 0 Å². The van der Waals surface area contributed by atoms with Gasteiger partial charge in [-0.3, -0.25) is 4.79 Å². The van der Waals surface area contributed by atoms with E-state index in [1.54, 1.807) is 7.11 Å². The van der Waals surface area contributed by atoms with Gasteiger partial charge in [-0.1, -0.05) is 12.1 Å². The minimum absolute atomic E-state index is 0.251. The first-order valence-corrected chi connectivity index (χ1v) is 10.4. The van der Waals surface area contributed by atoms with E-state index in [4.69, 9.17) is 4.74 Å². The number of amides is 1. The van der Waals surface area contributed by atoms with Crippen LogP contribution in [-0.4, -0.2) is 48.7 Å². The number of rotatable bonds is 6. The molecule has 2 heterocycles. The van der Waals surface area contributed by atoms with Crippen molar-refractivity contribution < 1.29 is 9.53 Å². The molecule has 0 N–H and O–H groups in total. The third-order valence-electron chi connectivity index (χ3n) is 5.85. The Kier molecular flexibility index (Phi) is 5.74. The van der Waals surface area contributed by atoms with Crippen molar-refractivity contribution in [2.75, 3.05) is 38.2 Å². The molecule has 0 aliphatic carbocycles. The molecule has 0 unspecified atom stereocenters. The highest BCUT2D eigenvalue weighted by molar-refractivity contribution is 5.81. The van der Waals surface area contributed by atoms with Crippen LogP contribution in [0.2, 0.25) is 0 Å². The van der Waals surface area contributed by atoms with Crippen LogP contribution in [0.15, 0.2) is 54.7 Å². The first-order valence-electron chi connectivity index (χ1n) is 10.4. The number of anilines is 1. The van der Waals surface area contributed by atoms with Crippen LogP contribution in [0.5, 0.6) is 5.75 Å². The van der Waals surface area contributed by atoms with Gasteiger partial charge in [0.1, 0.15) is 5.75 Å². The lowest BCUT2D eigenvalue weighted by Gasteiger charge is -2.36. The summed E-state index contributed by atoms with van der Waals surface area (Å²) in [6.45, 7) is 6.39. The standard InChI is InChI=1S/C24H29N3O2/c1-3-25-12-11-20-17-19(7-9-23(20)25)8-10-24(28)27-15-13-26(14-16-27)21-5-4-6-22(18-21)29-2/h4-7,9,11-12,17-18H,3,8,10,13-16H2,1-2H3. The van der Waals surface area contributed by atoms with E-state index in [2.05, 4.69) is 59.0 Å². The Morgan fingerprint density at radius 2 is 1.86 bits per heavy atom. The molecule has 0 saturated carbocycles. The van der Waals surface area contributed by atoms with E-state index in [0.717, 1.165) is 50.6 Å². The maximum atomic E-state index is 12.7. The van der Waals surface area contributed by atoms with Crippen LogP contribution in [-0.2, 0) is 17.8 Å². The van der Waals surface area contributed by atoms with Crippen molar-refractivity contribution in [1.82, 2.24) is 9.47 Å². The largest absolute Gasteiger partial charge is 0.497 e. The van der Waals surface area contributed by atoms with E-state index >= 15 is 0 Å². The number of carbonyl (C=O) groups is 1. The molecule has 29 heavy (non-hydrogen) atoms. The zero-order valence-electron chi connectivity index (χ0n) is 17.3. The molecule has 0 atom stereocenters. The Balaban J connectivity index is 1.31. The fourth-order valence-corrected chi connectivity index (χ4v) is 4.11. The van der Waals surface area contributed by atoms with E-state index < -0.39 is 0 Å². The number of ether oxygens (including phenoxy) is 1. The molecule has 1 aliphatic heterocycles. The van der Waals surface area contributed by atoms with Crippen molar-refractivity contribution in [3.05, 3.63) is 60.3 Å². The van der Waals surface area contributed by atoms with Crippen molar-refractivity contribution >= 4 is 22.5 Å². The van der Waals surface area contributed by atoms with Crippen LogP contribution in [0.1, 0.15) is 18.9 Å². The summed E-state index contributed by atoms with van der Waals surface area (Å²) in [7, 11) is 1.69. The summed E-state index contributed by atoms with van der Waals surface area (Å²) < 4.78 is 7.56. The fraction of sp³-hybridized carbons (Fsp3) is 0.375. The highest BCUT2D eigenvalue weighted by Gasteiger charge is 2.21. The number of aromatic nitrogens is 1. The molecule has 0 spiro atoms. The third kappa shape index (κ3) is 4.24. The molecule has 5 nitrogen and oxygen atoms in total. The minimum atomic E-state index is 0.251. The van der Waals surface area contributed by atoms with Crippen molar-refractivity contribution in [3.63, 3.8) is 0 Å². The van der Waals surface area contributed by atoms with Gasteiger partial charge in [-0.2, -0.15) is 0 Å². The second-order valence-corrected chi connectivity index (χ2v) is 7.56. The summed E-state index contributed by atoms with van der Waals surface area (Å²) in [5, 5.41) is 1.25. The van der Waals surface area contributed by atoms with Crippen molar-refractivity contribution in [3.8, 4) is 5.75 Å². The molecule has 4 rings (SSSR count). The molecule has 1 amide bonds. The lowest BCUT2D eigenvalue weighted by atomic mass is 10.1. The molecule has 1 saturated heterocycles. The number of fused-ring (bicyclic) bond motifs is 1. The number of methoxy groups -OCH3 is 1. The number of hydrogen-bond donors (Lipinski definition) is 0. The predicted octanol–water partition coefficient (Wildman–Crippen LogP) is 3.95. The third-order valence-corrected chi connectivity index (χ3v) is 5.85. The van der Waals surface area contributed by atoms with Crippen LogP contribution < -0.4 is 9.64 Å². The smallest absolute Gasteiger partial charge is 0.223 e. The zero-order chi connectivity index (χ0) is 20.2. The summed E-state index contributed by atoms with van der Waals surface area (Å²) >= 11 is 0. The van der Waals surface area contributed by atoms with E-state index in [0.29, 0.717) is 6.42 Å². The monoisotopic (exact) mass is 391 g/mol. The first-order chi connectivity index (χ1) is 14.2. The molecular formula is C24H29N3O2. The topological polar surface area (TPSA) is 37.7 Å². The average Bonchev–Trinajstić information content (AvgIpc) is 3.20. The second-order valence-electron chi connectivity index (χ2n) is 7.56. The van der Waals surface area contributed by atoms with Gasteiger partial charge in [0.25, 0.3) is 0 Å². The van der Waals surface area contributed by atoms with Crippen LogP contribution in [0, 0.1) is 0 Å². The van der Waals surface area contributed by atoms with Crippen LogP contribution in [0.25, 0.3) is 10.9 Å². The number of hydrogen-bond acceptors (Lipinski definition) is 3. The lowest BCUT2D eigenvalue weighted by molar-refractivity contribution is -0.131. The van der Waals surface area contributed by atoms with Gasteiger partial charge in [-0.05, 0) is 54.6 Å². The number of carbonyl (C=O) groups excluding carboxylic acids is 1. The molecule has 1 fully saturated rings. The highest BCUT2D eigenvalue weighted by Crippen LogP contribution is 2.23. The van der Waals surface area contributed by atoms with E-state index in [-0.39, 0.29) is 5.91 Å². The normalized spacial score (nSPS) is 14.4. The van der Waals surface area contributed by atoms with Crippen LogP contribution >= 0.6 is 0 Å². The van der Waals surface area contributed by atoms with E-state index in [9.17, 15) is 4.79 Å². The SMILES string of the molecule is CCn1ccc2cc(CCC(=O)N3CCN(c4cccc(OC)c4)CC3)ccc21. The van der Waals surface area contributed by atoms with Gasteiger partial charge in [-0.25, -0.2) is 0 Å². The Bertz CT molecular complexity index is 987. The highest BCUT2D eigenvalue weighted by atomic mass is 16.5. The fourth-order valence-electron chi connectivity index (χ4n) is 4.11. The summed E-state index contributed by atoms with van der Waals surface area (Å²) in [4.78, 5) is 17.0. The molecule has 1 aromatic heterocycles. The van der Waals surface area contributed by atoms with Crippen molar-refractivity contribution in [2.45, 2.75) is 26.3 Å². The van der Waals surface area contributed by atoms with Crippen molar-refractivity contribution in [1.29, 1.82) is 0 Å². The zero-order valence-corrected chi connectivity index (χ0v) is 17.3. The molecule has 1 aliphatic rings. The maximum Gasteiger partial charge on any atom is 0.223 e. The molecular weight excluding hydrogens is 362 g/mol. The van der Waals surface area contributed by atoms with E-state index in [1.807, 2.05) is 17.0 Å². The Morgan fingerprint density at radius 1 is 1.03 bits per heavy atom. The van der Waals surface area contributed by atoms with Gasteiger partial charge in [-0.15, -0.1) is 0 Å². The predicted molar refractivity (Wildman–Crippen MR) is 118 cm³/mol. The number of aryl methyl sites for hydroxylation is 2. The summed E-state index contributed by atoms with van der Waals surface area (Å²) in [6.07, 6.45) is 3.49. The van der Waals surface area contributed by atoms with Crippen LogP contribution in [0.3, 0.4) is 0 Å². The maximum absolute atomic E-state index is 12.7.